The van der Waals surface area contributed by atoms with Crippen LogP contribution in [0.1, 0.15) is 0 Å². The van der Waals surface area contributed by atoms with Gasteiger partial charge in [0.2, 0.25) is 0 Å². The van der Waals surface area contributed by atoms with Gasteiger partial charge in [-0.2, -0.15) is 0 Å². The summed E-state index contributed by atoms with van der Waals surface area (Å²) in [4.78, 5) is 4.99. The van der Waals surface area contributed by atoms with E-state index < -0.39 is 0 Å². The van der Waals surface area contributed by atoms with Crippen LogP contribution in [-0.2, 0) is 0 Å². The van der Waals surface area contributed by atoms with Crippen molar-refractivity contribution in [2.24, 2.45) is 0 Å². The van der Waals surface area contributed by atoms with E-state index in [1.807, 2.05) is 12.1 Å². The fourth-order valence-electron chi connectivity index (χ4n) is 5.89. The van der Waals surface area contributed by atoms with Gasteiger partial charge < -0.3 is 0 Å². The third kappa shape index (κ3) is 3.53. The van der Waals surface area contributed by atoms with Crippen LogP contribution in [0.25, 0.3) is 71.6 Å². The first-order chi connectivity index (χ1) is 19.3. The van der Waals surface area contributed by atoms with Crippen molar-refractivity contribution >= 4 is 43.4 Å². The summed E-state index contributed by atoms with van der Waals surface area (Å²) in [5.74, 6) is 0.952. The lowest BCUT2D eigenvalue weighted by Crippen LogP contribution is -1.97. The molecule has 0 N–H and O–H groups in total. The summed E-state index contributed by atoms with van der Waals surface area (Å²) in [5, 5.41) is 7.67. The number of hydrogen-bond donors (Lipinski definition) is 0. The maximum atomic E-state index is 4.99. The van der Waals surface area contributed by atoms with E-state index in [9.17, 15) is 0 Å². The zero-order valence-corrected chi connectivity index (χ0v) is 21.3. The number of imidazole rings is 1. The van der Waals surface area contributed by atoms with Crippen LogP contribution in [0.15, 0.2) is 146 Å². The summed E-state index contributed by atoms with van der Waals surface area (Å²) in [5.41, 5.74) is 6.75. The Bertz CT molecular complexity index is 2150. The Kier molecular flexibility index (Phi) is 4.86. The van der Waals surface area contributed by atoms with Crippen LogP contribution in [0.2, 0.25) is 0 Å². The summed E-state index contributed by atoms with van der Waals surface area (Å²) >= 11 is 0. The predicted octanol–water partition coefficient (Wildman–Crippen LogP) is 9.82. The molecule has 0 unspecified atom stereocenters. The average molecular weight is 497 g/mol. The largest absolute Gasteiger partial charge is 0.292 e. The highest BCUT2D eigenvalue weighted by Crippen LogP contribution is 2.36. The summed E-state index contributed by atoms with van der Waals surface area (Å²) in [6.07, 6.45) is 0. The molecule has 2 heteroatoms. The zero-order chi connectivity index (χ0) is 25.8. The van der Waals surface area contributed by atoms with E-state index in [2.05, 4.69) is 138 Å². The molecular weight excluding hydrogens is 472 g/mol. The second-order valence-electron chi connectivity index (χ2n) is 10.1. The lowest BCUT2D eigenvalue weighted by atomic mass is 9.93. The van der Waals surface area contributed by atoms with Gasteiger partial charge in [0.05, 0.1) is 11.0 Å². The molecule has 7 aromatic carbocycles. The Morgan fingerprint density at radius 1 is 0.436 bits per heavy atom. The number of hydrogen-bond acceptors (Lipinski definition) is 1. The molecule has 0 bridgehead atoms. The molecule has 182 valence electrons. The Morgan fingerprint density at radius 2 is 1.18 bits per heavy atom. The lowest BCUT2D eigenvalue weighted by Gasteiger charge is -2.13. The molecule has 0 saturated carbocycles. The molecule has 0 aliphatic carbocycles. The molecule has 2 nitrogen and oxygen atoms in total. The van der Waals surface area contributed by atoms with Gasteiger partial charge in [0.15, 0.2) is 0 Å². The lowest BCUT2D eigenvalue weighted by molar-refractivity contribution is 1.10. The van der Waals surface area contributed by atoms with E-state index in [1.165, 1.54) is 43.4 Å². The second kappa shape index (κ2) is 8.68. The minimum absolute atomic E-state index is 0.952. The first-order valence-electron chi connectivity index (χ1n) is 13.3. The molecule has 0 amide bonds. The monoisotopic (exact) mass is 496 g/mol. The van der Waals surface area contributed by atoms with Gasteiger partial charge in [-0.15, -0.1) is 0 Å². The van der Waals surface area contributed by atoms with Crippen molar-refractivity contribution < 1.29 is 0 Å². The van der Waals surface area contributed by atoms with Crippen LogP contribution in [0.4, 0.5) is 0 Å². The van der Waals surface area contributed by atoms with E-state index >= 15 is 0 Å². The van der Waals surface area contributed by atoms with E-state index in [0.29, 0.717) is 0 Å². The second-order valence-corrected chi connectivity index (χ2v) is 10.1. The Labute approximate surface area is 226 Å². The molecule has 1 aromatic heterocycles. The van der Waals surface area contributed by atoms with Crippen LogP contribution >= 0.6 is 0 Å². The number of aromatic nitrogens is 2. The third-order valence-corrected chi connectivity index (χ3v) is 7.77. The molecule has 0 spiro atoms. The van der Waals surface area contributed by atoms with Gasteiger partial charge in [0.1, 0.15) is 5.82 Å². The molecule has 0 saturated heterocycles. The third-order valence-electron chi connectivity index (χ3n) is 7.77. The molecule has 8 aromatic rings. The van der Waals surface area contributed by atoms with Crippen LogP contribution in [0.5, 0.6) is 0 Å². The highest BCUT2D eigenvalue weighted by Gasteiger charge is 2.14. The summed E-state index contributed by atoms with van der Waals surface area (Å²) in [6.45, 7) is 0. The first-order valence-corrected chi connectivity index (χ1v) is 13.3. The van der Waals surface area contributed by atoms with Crippen LogP contribution < -0.4 is 0 Å². The standard InChI is InChI=1S/C37H24N2/c1-2-9-26(10-3-1)37-38-35-15-6-7-16-36(35)39(37)30-20-17-25(18-21-30)31-13-8-14-32-33(31)22-19-29-23-27-11-4-5-12-28(27)24-34(29)32/h1-24H. The van der Waals surface area contributed by atoms with Crippen molar-refractivity contribution in [3.8, 4) is 28.2 Å². The summed E-state index contributed by atoms with van der Waals surface area (Å²) < 4.78 is 2.26. The zero-order valence-electron chi connectivity index (χ0n) is 21.3. The maximum Gasteiger partial charge on any atom is 0.145 e. The minimum atomic E-state index is 0.952. The summed E-state index contributed by atoms with van der Waals surface area (Å²) in [6, 6.07) is 52.0. The molecule has 1 heterocycles. The van der Waals surface area contributed by atoms with Crippen molar-refractivity contribution in [3.63, 3.8) is 0 Å². The van der Waals surface area contributed by atoms with Gasteiger partial charge in [0.25, 0.3) is 0 Å². The van der Waals surface area contributed by atoms with Gasteiger partial charge in [-0.1, -0.05) is 109 Å². The predicted molar refractivity (Wildman–Crippen MR) is 164 cm³/mol. The number of nitrogens with zero attached hydrogens (tertiary/aromatic N) is 2. The van der Waals surface area contributed by atoms with Crippen LogP contribution in [0, 0.1) is 0 Å². The molecule has 39 heavy (non-hydrogen) atoms. The number of fused-ring (bicyclic) bond motifs is 5. The molecular formula is C37H24N2. The van der Waals surface area contributed by atoms with Crippen molar-refractivity contribution in [1.82, 2.24) is 9.55 Å². The van der Waals surface area contributed by atoms with E-state index in [0.717, 1.165) is 28.1 Å². The number of rotatable bonds is 3. The maximum absolute atomic E-state index is 4.99. The average Bonchev–Trinajstić information content (AvgIpc) is 3.40. The summed E-state index contributed by atoms with van der Waals surface area (Å²) in [7, 11) is 0. The van der Waals surface area contributed by atoms with Gasteiger partial charge in [0, 0.05) is 11.3 Å². The van der Waals surface area contributed by atoms with Crippen LogP contribution in [-0.4, -0.2) is 9.55 Å². The van der Waals surface area contributed by atoms with E-state index in [1.54, 1.807) is 0 Å². The van der Waals surface area contributed by atoms with Crippen molar-refractivity contribution in [1.29, 1.82) is 0 Å². The number of para-hydroxylation sites is 2. The van der Waals surface area contributed by atoms with Gasteiger partial charge in [-0.05, 0) is 79.8 Å². The quantitative estimate of drug-likeness (QED) is 0.176. The highest BCUT2D eigenvalue weighted by atomic mass is 15.1. The molecule has 0 atom stereocenters. The number of benzene rings is 7. The normalized spacial score (nSPS) is 11.6. The molecule has 0 fully saturated rings. The smallest absolute Gasteiger partial charge is 0.145 e. The Hall–Kier alpha value is -5.21. The van der Waals surface area contributed by atoms with Crippen molar-refractivity contribution in [2.75, 3.05) is 0 Å². The minimum Gasteiger partial charge on any atom is -0.292 e. The molecule has 0 aliphatic heterocycles. The van der Waals surface area contributed by atoms with Gasteiger partial charge in [-0.3, -0.25) is 4.57 Å². The molecule has 8 rings (SSSR count). The SMILES string of the molecule is c1ccc(-c2nc3ccccc3n2-c2ccc(-c3cccc4c3ccc3cc5ccccc5cc34)cc2)cc1. The molecule has 0 radical (unpaired) electrons. The van der Waals surface area contributed by atoms with Gasteiger partial charge >= 0.3 is 0 Å². The fraction of sp³-hybridized carbons (Fsp3) is 0. The first kappa shape index (κ1) is 21.8. The van der Waals surface area contributed by atoms with Crippen molar-refractivity contribution in [3.05, 3.63) is 146 Å². The highest BCUT2D eigenvalue weighted by molar-refractivity contribution is 6.15. The Balaban J connectivity index is 1.28. The van der Waals surface area contributed by atoms with E-state index in [-0.39, 0.29) is 0 Å². The van der Waals surface area contributed by atoms with Crippen molar-refractivity contribution in [2.45, 2.75) is 0 Å². The Morgan fingerprint density at radius 3 is 2.03 bits per heavy atom. The topological polar surface area (TPSA) is 17.8 Å². The van der Waals surface area contributed by atoms with Crippen LogP contribution in [0.3, 0.4) is 0 Å². The fourth-order valence-corrected chi connectivity index (χ4v) is 5.89. The van der Waals surface area contributed by atoms with Gasteiger partial charge in [-0.25, -0.2) is 4.98 Å². The molecule has 0 aliphatic rings. The van der Waals surface area contributed by atoms with E-state index in [4.69, 9.17) is 4.98 Å².